The molecule has 0 spiro atoms. The van der Waals surface area contributed by atoms with Gasteiger partial charge in [0.25, 0.3) is 5.91 Å². The van der Waals surface area contributed by atoms with Gasteiger partial charge in [0.1, 0.15) is 0 Å². The molecule has 1 N–H and O–H groups in total. The van der Waals surface area contributed by atoms with Crippen LogP contribution in [0.4, 0.5) is 0 Å². The van der Waals surface area contributed by atoms with Crippen LogP contribution in [0.1, 0.15) is 47.7 Å². The molecule has 1 heterocycles. The SMILES string of the molecule is CC(C)(C)NC(=O)COC(=O)c1ccc(C2SCCCS2)cc1. The first-order valence-electron chi connectivity index (χ1n) is 7.66. The highest BCUT2D eigenvalue weighted by atomic mass is 32.2. The Morgan fingerprint density at radius 2 is 1.78 bits per heavy atom. The standard InChI is InChI=1S/C17H23NO3S2/c1-17(2,3)18-14(19)11-21-15(20)12-5-7-13(8-6-12)16-22-9-4-10-23-16/h5-8,16H,4,9-11H2,1-3H3,(H,18,19). The summed E-state index contributed by atoms with van der Waals surface area (Å²) in [5.41, 5.74) is 1.37. The van der Waals surface area contributed by atoms with Gasteiger partial charge in [-0.25, -0.2) is 4.79 Å². The molecule has 1 aliphatic heterocycles. The number of hydrogen-bond acceptors (Lipinski definition) is 5. The largest absolute Gasteiger partial charge is 0.452 e. The molecule has 126 valence electrons. The van der Waals surface area contributed by atoms with Crippen LogP contribution in [0.3, 0.4) is 0 Å². The first-order chi connectivity index (χ1) is 10.8. The highest BCUT2D eigenvalue weighted by Crippen LogP contribution is 2.43. The summed E-state index contributed by atoms with van der Waals surface area (Å²) in [6, 6.07) is 7.49. The zero-order valence-corrected chi connectivity index (χ0v) is 15.4. The maximum atomic E-state index is 12.0. The van der Waals surface area contributed by atoms with Crippen molar-refractivity contribution in [3.05, 3.63) is 35.4 Å². The van der Waals surface area contributed by atoms with Gasteiger partial charge in [-0.15, -0.1) is 23.5 Å². The zero-order chi connectivity index (χ0) is 16.9. The summed E-state index contributed by atoms with van der Waals surface area (Å²) in [5, 5.41) is 2.76. The molecular weight excluding hydrogens is 330 g/mol. The van der Waals surface area contributed by atoms with Gasteiger partial charge in [-0.3, -0.25) is 4.79 Å². The van der Waals surface area contributed by atoms with Crippen LogP contribution in [-0.2, 0) is 9.53 Å². The molecule has 1 aromatic carbocycles. The predicted molar refractivity (Wildman–Crippen MR) is 96.9 cm³/mol. The Morgan fingerprint density at radius 1 is 1.17 bits per heavy atom. The maximum Gasteiger partial charge on any atom is 0.338 e. The predicted octanol–water partition coefficient (Wildman–Crippen LogP) is 3.63. The summed E-state index contributed by atoms with van der Waals surface area (Å²) < 4.78 is 5.51. The van der Waals surface area contributed by atoms with E-state index in [4.69, 9.17) is 4.74 Å². The Hall–Kier alpha value is -1.14. The topological polar surface area (TPSA) is 55.4 Å². The van der Waals surface area contributed by atoms with Gasteiger partial charge in [-0.1, -0.05) is 12.1 Å². The number of ether oxygens (including phenoxy) is 1. The summed E-state index contributed by atoms with van der Waals surface area (Å²) in [4.78, 5) is 23.7. The van der Waals surface area contributed by atoms with E-state index in [1.807, 2.05) is 56.4 Å². The first-order valence-corrected chi connectivity index (χ1v) is 9.76. The first kappa shape index (κ1) is 18.2. The van der Waals surface area contributed by atoms with E-state index in [0.717, 1.165) is 0 Å². The number of benzene rings is 1. The molecule has 0 aromatic heterocycles. The molecule has 4 nitrogen and oxygen atoms in total. The third-order valence-corrected chi connectivity index (χ3v) is 6.11. The van der Waals surface area contributed by atoms with Crippen LogP contribution in [0, 0.1) is 0 Å². The summed E-state index contributed by atoms with van der Waals surface area (Å²) in [6.07, 6.45) is 1.26. The van der Waals surface area contributed by atoms with Crippen LogP contribution >= 0.6 is 23.5 Å². The van der Waals surface area contributed by atoms with Crippen LogP contribution in [0.2, 0.25) is 0 Å². The lowest BCUT2D eigenvalue weighted by Crippen LogP contribution is -2.42. The van der Waals surface area contributed by atoms with Crippen LogP contribution in [0.15, 0.2) is 24.3 Å². The highest BCUT2D eigenvalue weighted by molar-refractivity contribution is 8.16. The molecule has 0 atom stereocenters. The summed E-state index contributed by atoms with van der Waals surface area (Å²) in [7, 11) is 0. The van der Waals surface area contributed by atoms with Crippen molar-refractivity contribution in [3.8, 4) is 0 Å². The van der Waals surface area contributed by atoms with Crippen molar-refractivity contribution in [1.29, 1.82) is 0 Å². The van der Waals surface area contributed by atoms with Crippen LogP contribution in [-0.4, -0.2) is 35.5 Å². The molecule has 6 heteroatoms. The van der Waals surface area contributed by atoms with Crippen molar-refractivity contribution < 1.29 is 14.3 Å². The fourth-order valence-corrected chi connectivity index (χ4v) is 5.02. The van der Waals surface area contributed by atoms with E-state index in [1.54, 1.807) is 12.1 Å². The number of nitrogens with one attached hydrogen (secondary N) is 1. The average Bonchev–Trinajstić information content (AvgIpc) is 2.52. The molecular formula is C17H23NO3S2. The number of rotatable bonds is 4. The van der Waals surface area contributed by atoms with Gasteiger partial charge in [0, 0.05) is 5.54 Å². The molecule has 0 saturated carbocycles. The summed E-state index contributed by atoms with van der Waals surface area (Å²) >= 11 is 3.89. The normalized spacial score (nSPS) is 16.0. The van der Waals surface area contributed by atoms with E-state index in [9.17, 15) is 9.59 Å². The molecule has 0 unspecified atom stereocenters. The van der Waals surface area contributed by atoms with E-state index in [1.165, 1.54) is 23.5 Å². The molecule has 23 heavy (non-hydrogen) atoms. The van der Waals surface area contributed by atoms with Crippen molar-refractivity contribution in [2.45, 2.75) is 37.3 Å². The number of amides is 1. The molecule has 1 aromatic rings. The van der Waals surface area contributed by atoms with Gasteiger partial charge in [0.05, 0.1) is 10.1 Å². The number of hydrogen-bond donors (Lipinski definition) is 1. The lowest BCUT2D eigenvalue weighted by molar-refractivity contribution is -0.125. The van der Waals surface area contributed by atoms with Crippen LogP contribution < -0.4 is 5.32 Å². The second kappa shape index (κ2) is 8.11. The second-order valence-corrected chi connectivity index (χ2v) is 9.15. The van der Waals surface area contributed by atoms with Gasteiger partial charge in [-0.05, 0) is 56.4 Å². The Balaban J connectivity index is 1.86. The molecule has 0 aliphatic carbocycles. The number of carbonyl (C=O) groups is 2. The third-order valence-electron chi connectivity index (χ3n) is 3.09. The molecule has 0 bridgehead atoms. The summed E-state index contributed by atoms with van der Waals surface area (Å²) in [5.74, 6) is 1.61. The van der Waals surface area contributed by atoms with Crippen molar-refractivity contribution in [2.75, 3.05) is 18.1 Å². The fraction of sp³-hybridized carbons (Fsp3) is 0.529. The van der Waals surface area contributed by atoms with E-state index in [2.05, 4.69) is 5.32 Å². The maximum absolute atomic E-state index is 12.0. The van der Waals surface area contributed by atoms with Gasteiger partial charge < -0.3 is 10.1 Å². The Morgan fingerprint density at radius 3 is 2.35 bits per heavy atom. The van der Waals surface area contributed by atoms with Crippen molar-refractivity contribution in [3.63, 3.8) is 0 Å². The lowest BCUT2D eigenvalue weighted by atomic mass is 10.1. The van der Waals surface area contributed by atoms with Crippen LogP contribution in [0.25, 0.3) is 0 Å². The smallest absolute Gasteiger partial charge is 0.338 e. The molecule has 1 saturated heterocycles. The molecule has 0 radical (unpaired) electrons. The minimum absolute atomic E-state index is 0.258. The lowest BCUT2D eigenvalue weighted by Gasteiger charge is -2.21. The quantitative estimate of drug-likeness (QED) is 0.838. The second-order valence-electron chi connectivity index (χ2n) is 6.42. The van der Waals surface area contributed by atoms with E-state index < -0.39 is 5.97 Å². The number of thioether (sulfide) groups is 2. The monoisotopic (exact) mass is 353 g/mol. The van der Waals surface area contributed by atoms with Gasteiger partial charge in [0.2, 0.25) is 0 Å². The minimum atomic E-state index is -0.468. The van der Waals surface area contributed by atoms with Crippen molar-refractivity contribution >= 4 is 35.4 Å². The average molecular weight is 354 g/mol. The molecule has 1 fully saturated rings. The molecule has 2 rings (SSSR count). The van der Waals surface area contributed by atoms with E-state index in [-0.39, 0.29) is 18.1 Å². The number of esters is 1. The number of carbonyl (C=O) groups excluding carboxylic acids is 2. The Kier molecular flexibility index (Phi) is 6.41. The van der Waals surface area contributed by atoms with E-state index >= 15 is 0 Å². The van der Waals surface area contributed by atoms with E-state index in [0.29, 0.717) is 10.1 Å². The fourth-order valence-electron chi connectivity index (χ4n) is 2.13. The minimum Gasteiger partial charge on any atom is -0.452 e. The van der Waals surface area contributed by atoms with Crippen molar-refractivity contribution in [2.24, 2.45) is 0 Å². The van der Waals surface area contributed by atoms with Crippen LogP contribution in [0.5, 0.6) is 0 Å². The third kappa shape index (κ3) is 6.11. The van der Waals surface area contributed by atoms with Gasteiger partial charge >= 0.3 is 5.97 Å². The molecule has 1 amide bonds. The summed E-state index contributed by atoms with van der Waals surface area (Å²) in [6.45, 7) is 5.39. The van der Waals surface area contributed by atoms with Gasteiger partial charge in [-0.2, -0.15) is 0 Å². The Bertz CT molecular complexity index is 546. The highest BCUT2D eigenvalue weighted by Gasteiger charge is 2.18. The zero-order valence-electron chi connectivity index (χ0n) is 13.8. The molecule has 1 aliphatic rings. The van der Waals surface area contributed by atoms with Gasteiger partial charge in [0.15, 0.2) is 6.61 Å². The van der Waals surface area contributed by atoms with Crippen molar-refractivity contribution in [1.82, 2.24) is 5.32 Å². The Labute approximate surface area is 146 Å².